The molecular weight excluding hydrogens is 662 g/mol. The maximum absolute atomic E-state index is 12.6. The van der Waals surface area contributed by atoms with Gasteiger partial charge in [-0.1, -0.05) is 98.6 Å². The van der Waals surface area contributed by atoms with E-state index in [1.807, 2.05) is 44.2 Å². The normalized spacial score (nSPS) is 18.5. The van der Waals surface area contributed by atoms with Gasteiger partial charge in [-0.3, -0.25) is 19.2 Å². The van der Waals surface area contributed by atoms with Gasteiger partial charge < -0.3 is 40.3 Å². The molecule has 0 saturated carbocycles. The Bertz CT molecular complexity index is 1140. The van der Waals surface area contributed by atoms with Crippen molar-refractivity contribution in [2.75, 3.05) is 41.4 Å². The van der Waals surface area contributed by atoms with Crippen LogP contribution < -0.4 is 16.0 Å². The van der Waals surface area contributed by atoms with Gasteiger partial charge in [0.05, 0.1) is 54.9 Å². The number of aliphatic hydroxyl groups excluding tert-OH is 1. The lowest BCUT2D eigenvalue weighted by molar-refractivity contribution is -0.138. The summed E-state index contributed by atoms with van der Waals surface area (Å²) in [6.45, 7) is 18.8. The predicted molar refractivity (Wildman–Crippen MR) is 209 cm³/mol. The quantitative estimate of drug-likeness (QED) is 0.151. The van der Waals surface area contributed by atoms with Gasteiger partial charge in [-0.25, -0.2) is 0 Å². The number of amides is 4. The maximum Gasteiger partial charge on any atom is 0.242 e. The molecule has 300 valence electrons. The van der Waals surface area contributed by atoms with Crippen molar-refractivity contribution in [3.63, 3.8) is 0 Å². The Labute approximate surface area is 315 Å². The number of hydrogen-bond acceptors (Lipinski definition) is 8. The molecule has 1 aromatic carbocycles. The summed E-state index contributed by atoms with van der Waals surface area (Å²) in [7, 11) is 6.80. The number of benzene rings is 1. The highest BCUT2D eigenvalue weighted by Crippen LogP contribution is 2.26. The average molecular weight is 736 g/mol. The summed E-state index contributed by atoms with van der Waals surface area (Å²) in [6, 6.07) is 8.43. The first-order valence-corrected chi connectivity index (χ1v) is 19.2. The van der Waals surface area contributed by atoms with Crippen LogP contribution in [0, 0.1) is 17.8 Å². The van der Waals surface area contributed by atoms with Crippen molar-refractivity contribution in [3.8, 4) is 0 Å². The molecular formula is C40H73N5O7. The van der Waals surface area contributed by atoms with Gasteiger partial charge in [0.15, 0.2) is 0 Å². The van der Waals surface area contributed by atoms with Crippen LogP contribution in [0.2, 0.25) is 0 Å². The number of ether oxygens (including phenoxy) is 2. The molecule has 0 aromatic heterocycles. The van der Waals surface area contributed by atoms with Gasteiger partial charge in [-0.05, 0) is 50.6 Å². The van der Waals surface area contributed by atoms with E-state index >= 15 is 0 Å². The summed E-state index contributed by atoms with van der Waals surface area (Å²) in [4.78, 5) is 52.0. The SMILES string of the molecule is CCC.CCC(C)C(C(CC)OC)N(C)C(=O)CNC(=O)C(NC)C(C)C.COC(C(C)C(=O)NC(C)C(O)c1ccccc1)C1CCCN1C=O. The second-order valence-electron chi connectivity index (χ2n) is 14.2. The van der Waals surface area contributed by atoms with E-state index in [2.05, 4.69) is 50.6 Å². The molecule has 1 aliphatic heterocycles. The summed E-state index contributed by atoms with van der Waals surface area (Å²) >= 11 is 0. The Balaban J connectivity index is 0.000000931. The van der Waals surface area contributed by atoms with E-state index < -0.39 is 18.1 Å². The van der Waals surface area contributed by atoms with Crippen LogP contribution in [0.15, 0.2) is 30.3 Å². The monoisotopic (exact) mass is 736 g/mol. The molecule has 4 N–H and O–H groups in total. The van der Waals surface area contributed by atoms with E-state index in [1.165, 1.54) is 6.42 Å². The lowest BCUT2D eigenvalue weighted by atomic mass is 9.91. The standard InChI is InChI=1S/C19H28N2O4.C18H37N3O3.C3H8/c1-13(18(25-3)16-10-7-11-21(16)12-22)19(24)20-14(2)17(23)15-8-5-4-6-9-15;1-9-13(5)17(14(10-2)24-8)21(7)15(22)11-20-18(23)16(19-6)12(3)4;1-3-2/h4-6,8-9,12-14,16-18,23H,7,10-11H2,1-3H3,(H,20,24);12-14,16-17,19H,9-11H2,1-8H3,(H,20,23);3H2,1-2H3. The van der Waals surface area contributed by atoms with E-state index in [9.17, 15) is 24.3 Å². The maximum atomic E-state index is 12.6. The van der Waals surface area contributed by atoms with Gasteiger partial charge in [-0.2, -0.15) is 0 Å². The van der Waals surface area contributed by atoms with Gasteiger partial charge in [-0.15, -0.1) is 0 Å². The summed E-state index contributed by atoms with van der Waals surface area (Å²) in [5.74, 6) is -0.377. The third-order valence-corrected chi connectivity index (χ3v) is 9.85. The fourth-order valence-corrected chi connectivity index (χ4v) is 6.63. The van der Waals surface area contributed by atoms with Crippen molar-refractivity contribution in [3.05, 3.63) is 35.9 Å². The molecule has 12 heteroatoms. The molecule has 0 spiro atoms. The van der Waals surface area contributed by atoms with Crippen molar-refractivity contribution < 1.29 is 33.8 Å². The number of rotatable bonds is 19. The van der Waals surface area contributed by atoms with Crippen LogP contribution in [0.5, 0.6) is 0 Å². The van der Waals surface area contributed by atoms with Gasteiger partial charge in [0.25, 0.3) is 0 Å². The number of aliphatic hydroxyl groups is 1. The number of carbonyl (C=O) groups is 4. The van der Waals surface area contributed by atoms with E-state index in [-0.39, 0.29) is 60.5 Å². The molecule has 0 radical (unpaired) electrons. The van der Waals surface area contributed by atoms with Gasteiger partial charge in [0, 0.05) is 27.8 Å². The van der Waals surface area contributed by atoms with Crippen molar-refractivity contribution in [1.82, 2.24) is 25.8 Å². The molecule has 9 unspecified atom stereocenters. The van der Waals surface area contributed by atoms with E-state index in [4.69, 9.17) is 9.47 Å². The van der Waals surface area contributed by atoms with E-state index in [0.717, 1.165) is 37.7 Å². The number of hydrogen-bond donors (Lipinski definition) is 4. The average Bonchev–Trinajstić information content (AvgIpc) is 3.61. The van der Waals surface area contributed by atoms with Gasteiger partial charge in [0.2, 0.25) is 24.1 Å². The molecule has 1 aromatic rings. The molecule has 52 heavy (non-hydrogen) atoms. The smallest absolute Gasteiger partial charge is 0.242 e. The second-order valence-corrected chi connectivity index (χ2v) is 14.2. The second kappa shape index (κ2) is 26.7. The summed E-state index contributed by atoms with van der Waals surface area (Å²) < 4.78 is 11.1. The van der Waals surface area contributed by atoms with E-state index in [1.54, 1.807) is 52.0 Å². The van der Waals surface area contributed by atoms with Gasteiger partial charge >= 0.3 is 0 Å². The number of carbonyl (C=O) groups excluding carboxylic acids is 4. The predicted octanol–water partition coefficient (Wildman–Crippen LogP) is 4.56. The summed E-state index contributed by atoms with van der Waals surface area (Å²) in [6.07, 6.45) is 4.47. The lowest BCUT2D eigenvalue weighted by Gasteiger charge is -2.37. The van der Waals surface area contributed by atoms with Crippen LogP contribution in [-0.2, 0) is 28.7 Å². The first kappa shape index (κ1) is 48.9. The van der Waals surface area contributed by atoms with Crippen molar-refractivity contribution in [2.45, 2.75) is 137 Å². The zero-order chi connectivity index (χ0) is 40.0. The highest BCUT2D eigenvalue weighted by atomic mass is 16.5. The fraction of sp³-hybridized carbons (Fsp3) is 0.750. The zero-order valence-corrected chi connectivity index (χ0v) is 34.5. The molecule has 9 atom stereocenters. The number of likely N-dealkylation sites (N-methyl/N-ethyl adjacent to an activating group) is 2. The molecule has 1 saturated heterocycles. The molecule has 1 fully saturated rings. The van der Waals surface area contributed by atoms with Crippen molar-refractivity contribution in [2.24, 2.45) is 17.8 Å². The number of nitrogens with zero attached hydrogens (tertiary/aromatic N) is 2. The topological polar surface area (TPSA) is 150 Å². The molecule has 2 rings (SSSR count). The molecule has 1 heterocycles. The minimum absolute atomic E-state index is 0.000372. The first-order valence-electron chi connectivity index (χ1n) is 19.2. The van der Waals surface area contributed by atoms with Crippen molar-refractivity contribution >= 4 is 24.1 Å². The molecule has 1 aliphatic rings. The Morgan fingerprint density at radius 2 is 1.58 bits per heavy atom. The third-order valence-electron chi connectivity index (χ3n) is 9.85. The van der Waals surface area contributed by atoms with Crippen molar-refractivity contribution in [1.29, 1.82) is 0 Å². The largest absolute Gasteiger partial charge is 0.386 e. The van der Waals surface area contributed by atoms with E-state index in [0.29, 0.717) is 12.5 Å². The van der Waals surface area contributed by atoms with Crippen LogP contribution in [0.3, 0.4) is 0 Å². The fourth-order valence-electron chi connectivity index (χ4n) is 6.63. The van der Waals surface area contributed by atoms with Crippen LogP contribution in [0.1, 0.15) is 106 Å². The Morgan fingerprint density at radius 1 is 0.981 bits per heavy atom. The molecule has 0 bridgehead atoms. The highest BCUT2D eigenvalue weighted by molar-refractivity contribution is 5.87. The summed E-state index contributed by atoms with van der Waals surface area (Å²) in [5, 5.41) is 19.0. The first-order chi connectivity index (χ1) is 24.6. The molecule has 4 amide bonds. The van der Waals surface area contributed by atoms with Crippen LogP contribution in [0.4, 0.5) is 0 Å². The molecule has 0 aliphatic carbocycles. The number of methoxy groups -OCH3 is 2. The summed E-state index contributed by atoms with van der Waals surface area (Å²) in [5.41, 5.74) is 0.758. The zero-order valence-electron chi connectivity index (χ0n) is 34.5. The number of nitrogens with one attached hydrogen (secondary N) is 3. The minimum Gasteiger partial charge on any atom is -0.386 e. The third kappa shape index (κ3) is 15.5. The molecule has 12 nitrogen and oxygen atoms in total. The Kier molecular flexibility index (Phi) is 25.1. The van der Waals surface area contributed by atoms with Gasteiger partial charge in [0.1, 0.15) is 0 Å². The lowest BCUT2D eigenvalue weighted by Crippen LogP contribution is -2.53. The minimum atomic E-state index is -0.781. The van der Waals surface area contributed by atoms with Crippen LogP contribution >= 0.6 is 0 Å². The Hall–Kier alpha value is -3.06. The van der Waals surface area contributed by atoms with Crippen LogP contribution in [-0.4, -0.2) is 117 Å². The highest BCUT2D eigenvalue weighted by Gasteiger charge is 2.38. The van der Waals surface area contributed by atoms with Crippen LogP contribution in [0.25, 0.3) is 0 Å². The number of likely N-dealkylation sites (tertiary alicyclic amines) is 1. The Morgan fingerprint density at radius 3 is 2.04 bits per heavy atom.